The number of hydrogen-bond acceptors (Lipinski definition) is 7. The van der Waals surface area contributed by atoms with E-state index in [1.165, 1.54) is 6.26 Å². The number of anilines is 1. The van der Waals surface area contributed by atoms with Gasteiger partial charge in [0.1, 0.15) is 10.6 Å². The first-order valence-electron chi connectivity index (χ1n) is 10.5. The van der Waals surface area contributed by atoms with Gasteiger partial charge in [-0.1, -0.05) is 30.3 Å². The van der Waals surface area contributed by atoms with Crippen LogP contribution in [0.1, 0.15) is 6.42 Å². The molecule has 3 aromatic heterocycles. The van der Waals surface area contributed by atoms with E-state index in [-0.39, 0.29) is 0 Å². The average Bonchev–Trinajstić information content (AvgIpc) is 3.07. The summed E-state index contributed by atoms with van der Waals surface area (Å²) in [5, 5.41) is 3.15. The molecule has 0 bridgehead atoms. The van der Waals surface area contributed by atoms with E-state index in [1.54, 1.807) is 28.0 Å². The van der Waals surface area contributed by atoms with E-state index in [9.17, 15) is 8.42 Å². The Morgan fingerprint density at radius 1 is 0.938 bits per heavy atom. The highest BCUT2D eigenvalue weighted by Crippen LogP contribution is 2.39. The Kier molecular flexibility index (Phi) is 5.62. The molecule has 0 spiro atoms. The first kappa shape index (κ1) is 21.0. The summed E-state index contributed by atoms with van der Waals surface area (Å²) in [5.41, 5.74) is 3.07. The third kappa shape index (κ3) is 4.11. The van der Waals surface area contributed by atoms with Crippen LogP contribution >= 0.6 is 11.3 Å². The highest BCUT2D eigenvalue weighted by molar-refractivity contribution is 7.88. The lowest BCUT2D eigenvalue weighted by Gasteiger charge is -2.24. The van der Waals surface area contributed by atoms with Crippen molar-refractivity contribution in [1.29, 1.82) is 0 Å². The maximum Gasteiger partial charge on any atom is 0.211 e. The van der Waals surface area contributed by atoms with Gasteiger partial charge in [0.15, 0.2) is 5.82 Å². The first-order chi connectivity index (χ1) is 15.5. The van der Waals surface area contributed by atoms with Gasteiger partial charge in [0.2, 0.25) is 10.0 Å². The zero-order valence-corrected chi connectivity index (χ0v) is 19.3. The Balaban J connectivity index is 1.65. The first-order valence-corrected chi connectivity index (χ1v) is 13.2. The molecule has 1 aliphatic heterocycles. The summed E-state index contributed by atoms with van der Waals surface area (Å²) >= 11 is 1.60. The normalized spacial score (nSPS) is 15.7. The molecular formula is C23H23N5O2S2. The largest absolute Gasteiger partial charge is 0.355 e. The number of rotatable bonds is 4. The molecule has 4 aromatic rings. The molecule has 0 amide bonds. The van der Waals surface area contributed by atoms with Crippen LogP contribution in [0.25, 0.3) is 32.7 Å². The van der Waals surface area contributed by atoms with Crippen LogP contribution in [-0.2, 0) is 10.0 Å². The predicted molar refractivity (Wildman–Crippen MR) is 129 cm³/mol. The van der Waals surface area contributed by atoms with E-state index in [1.807, 2.05) is 30.3 Å². The van der Waals surface area contributed by atoms with Gasteiger partial charge in [0.05, 0.1) is 11.6 Å². The summed E-state index contributed by atoms with van der Waals surface area (Å²) in [6.45, 7) is 2.27. The van der Waals surface area contributed by atoms with Crippen LogP contribution in [0.5, 0.6) is 0 Å². The van der Waals surface area contributed by atoms with Gasteiger partial charge >= 0.3 is 0 Å². The monoisotopic (exact) mass is 465 g/mol. The number of benzene rings is 1. The van der Waals surface area contributed by atoms with E-state index in [4.69, 9.17) is 9.97 Å². The fraction of sp³-hybridized carbons (Fsp3) is 0.261. The smallest absolute Gasteiger partial charge is 0.211 e. The van der Waals surface area contributed by atoms with Gasteiger partial charge < -0.3 is 4.90 Å². The van der Waals surface area contributed by atoms with Crippen LogP contribution in [0.2, 0.25) is 0 Å². The fourth-order valence-electron chi connectivity index (χ4n) is 4.04. The zero-order chi connectivity index (χ0) is 22.1. The van der Waals surface area contributed by atoms with Crippen LogP contribution < -0.4 is 4.90 Å². The van der Waals surface area contributed by atoms with Gasteiger partial charge in [-0.2, -0.15) is 0 Å². The van der Waals surface area contributed by atoms with Crippen LogP contribution in [0.3, 0.4) is 0 Å². The number of aromatic nitrogens is 3. The molecule has 1 aromatic carbocycles. The predicted octanol–water partition coefficient (Wildman–Crippen LogP) is 3.89. The summed E-state index contributed by atoms with van der Waals surface area (Å²) in [4.78, 5) is 17.2. The second-order valence-electron chi connectivity index (χ2n) is 7.81. The molecule has 1 fully saturated rings. The molecule has 0 atom stereocenters. The third-order valence-corrected chi connectivity index (χ3v) is 7.82. The minimum absolute atomic E-state index is 0.442. The molecular weight excluding hydrogens is 442 g/mol. The van der Waals surface area contributed by atoms with Crippen molar-refractivity contribution in [2.75, 3.05) is 37.3 Å². The average molecular weight is 466 g/mol. The van der Waals surface area contributed by atoms with E-state index >= 15 is 0 Å². The Labute approximate surface area is 191 Å². The summed E-state index contributed by atoms with van der Waals surface area (Å²) in [5.74, 6) is 1.48. The summed E-state index contributed by atoms with van der Waals surface area (Å²) < 4.78 is 25.8. The molecule has 164 valence electrons. The number of fused-ring (bicyclic) bond motifs is 1. The van der Waals surface area contributed by atoms with Crippen LogP contribution in [0.4, 0.5) is 5.82 Å². The standard InChI is InChI=1S/C23H23N5O2S2/c1-32(29,30)28-12-6-11-27(13-14-28)22-20-19(17-7-3-2-4-8-17)16-31-23(20)26-21(25-22)18-9-5-10-24-15-18/h2-5,7-10,15-16H,6,11-14H2,1H3. The van der Waals surface area contributed by atoms with Crippen molar-refractivity contribution in [3.8, 4) is 22.5 Å². The number of sulfonamides is 1. The molecule has 0 unspecified atom stereocenters. The highest BCUT2D eigenvalue weighted by atomic mass is 32.2. The molecule has 7 nitrogen and oxygen atoms in total. The highest BCUT2D eigenvalue weighted by Gasteiger charge is 2.25. The van der Waals surface area contributed by atoms with Crippen molar-refractivity contribution >= 4 is 37.4 Å². The van der Waals surface area contributed by atoms with Gasteiger partial charge in [-0.15, -0.1) is 11.3 Å². The SMILES string of the molecule is CS(=O)(=O)N1CCCN(c2nc(-c3cccnc3)nc3scc(-c4ccccc4)c23)CC1. The van der Waals surface area contributed by atoms with Crippen molar-refractivity contribution in [1.82, 2.24) is 19.3 Å². The lowest BCUT2D eigenvalue weighted by Crippen LogP contribution is -2.34. The molecule has 1 aliphatic rings. The van der Waals surface area contributed by atoms with E-state index in [0.717, 1.165) is 45.7 Å². The molecule has 0 saturated carbocycles. The van der Waals surface area contributed by atoms with Gasteiger partial charge in [0, 0.05) is 55.1 Å². The Hall–Kier alpha value is -2.88. The van der Waals surface area contributed by atoms with Gasteiger partial charge in [-0.05, 0) is 24.1 Å². The molecule has 9 heteroatoms. The molecule has 4 heterocycles. The second kappa shape index (κ2) is 8.57. The molecule has 32 heavy (non-hydrogen) atoms. The summed E-state index contributed by atoms with van der Waals surface area (Å²) in [7, 11) is -3.22. The number of pyridine rings is 1. The Bertz CT molecular complexity index is 1340. The van der Waals surface area contributed by atoms with Crippen molar-refractivity contribution in [3.05, 3.63) is 60.2 Å². The van der Waals surface area contributed by atoms with Crippen LogP contribution in [0, 0.1) is 0 Å². The minimum atomic E-state index is -3.22. The molecule has 0 radical (unpaired) electrons. The number of hydrogen-bond donors (Lipinski definition) is 0. The van der Waals surface area contributed by atoms with Crippen molar-refractivity contribution in [2.45, 2.75) is 6.42 Å². The van der Waals surface area contributed by atoms with Crippen molar-refractivity contribution < 1.29 is 8.42 Å². The van der Waals surface area contributed by atoms with E-state index in [0.29, 0.717) is 25.5 Å². The number of nitrogens with zero attached hydrogens (tertiary/aromatic N) is 5. The van der Waals surface area contributed by atoms with Crippen molar-refractivity contribution in [3.63, 3.8) is 0 Å². The van der Waals surface area contributed by atoms with Gasteiger partial charge in [-0.25, -0.2) is 22.7 Å². The summed E-state index contributed by atoms with van der Waals surface area (Å²) in [6.07, 6.45) is 5.52. The molecule has 5 rings (SSSR count). The molecule has 1 saturated heterocycles. The lowest BCUT2D eigenvalue weighted by molar-refractivity contribution is 0.437. The van der Waals surface area contributed by atoms with Gasteiger partial charge in [-0.3, -0.25) is 4.98 Å². The fourth-order valence-corrected chi connectivity index (χ4v) is 5.86. The van der Waals surface area contributed by atoms with Crippen LogP contribution in [0.15, 0.2) is 60.2 Å². The van der Waals surface area contributed by atoms with Crippen LogP contribution in [-0.4, -0.2) is 60.1 Å². The Morgan fingerprint density at radius 2 is 1.75 bits per heavy atom. The lowest BCUT2D eigenvalue weighted by atomic mass is 10.1. The second-order valence-corrected chi connectivity index (χ2v) is 10.7. The van der Waals surface area contributed by atoms with E-state index in [2.05, 4.69) is 27.4 Å². The van der Waals surface area contributed by atoms with E-state index < -0.39 is 10.0 Å². The molecule has 0 aliphatic carbocycles. The maximum absolute atomic E-state index is 12.1. The molecule has 0 N–H and O–H groups in total. The topological polar surface area (TPSA) is 79.3 Å². The number of thiophene rings is 1. The van der Waals surface area contributed by atoms with Crippen molar-refractivity contribution in [2.24, 2.45) is 0 Å². The maximum atomic E-state index is 12.1. The van der Waals surface area contributed by atoms with Gasteiger partial charge in [0.25, 0.3) is 0 Å². The minimum Gasteiger partial charge on any atom is -0.355 e. The zero-order valence-electron chi connectivity index (χ0n) is 17.7. The third-order valence-electron chi connectivity index (χ3n) is 5.64. The summed E-state index contributed by atoms with van der Waals surface area (Å²) in [6, 6.07) is 14.1. The Morgan fingerprint density at radius 3 is 2.50 bits per heavy atom. The quantitative estimate of drug-likeness (QED) is 0.455.